The zero-order chi connectivity index (χ0) is 21.0. The summed E-state index contributed by atoms with van der Waals surface area (Å²) in [5, 5.41) is 12.0. The highest BCUT2D eigenvalue weighted by Crippen LogP contribution is 2.17. The van der Waals surface area contributed by atoms with Crippen molar-refractivity contribution in [2.24, 2.45) is 5.92 Å². The summed E-state index contributed by atoms with van der Waals surface area (Å²) in [6.07, 6.45) is 4.91. The summed E-state index contributed by atoms with van der Waals surface area (Å²) in [5.74, 6) is -1.18. The van der Waals surface area contributed by atoms with Crippen LogP contribution in [0.25, 0.3) is 5.65 Å². The number of aromatic nitrogens is 2. The minimum absolute atomic E-state index is 0.00765. The van der Waals surface area contributed by atoms with E-state index in [9.17, 15) is 9.59 Å². The van der Waals surface area contributed by atoms with Gasteiger partial charge in [-0.3, -0.25) is 4.79 Å². The SMILES string of the molecule is CC(C)C(OCc1ccn2ccnc2c1)C(=O)N[C@@H](C)c1ccc(C(=O)O)cc1. The van der Waals surface area contributed by atoms with Gasteiger partial charge in [0.2, 0.25) is 5.91 Å². The van der Waals surface area contributed by atoms with Gasteiger partial charge in [-0.05, 0) is 48.2 Å². The lowest BCUT2D eigenvalue weighted by Gasteiger charge is -2.23. The largest absolute Gasteiger partial charge is 0.478 e. The van der Waals surface area contributed by atoms with E-state index in [1.165, 1.54) is 12.1 Å². The smallest absolute Gasteiger partial charge is 0.335 e. The molecule has 1 amide bonds. The molecule has 0 aliphatic carbocycles. The van der Waals surface area contributed by atoms with Crippen molar-refractivity contribution in [1.29, 1.82) is 0 Å². The number of aromatic carboxylic acids is 1. The molecule has 7 nitrogen and oxygen atoms in total. The van der Waals surface area contributed by atoms with Gasteiger partial charge >= 0.3 is 5.97 Å². The molecule has 29 heavy (non-hydrogen) atoms. The Hall–Kier alpha value is -3.19. The fourth-order valence-corrected chi connectivity index (χ4v) is 3.09. The van der Waals surface area contributed by atoms with Crippen molar-refractivity contribution in [3.63, 3.8) is 0 Å². The molecule has 3 rings (SSSR count). The van der Waals surface area contributed by atoms with E-state index in [0.717, 1.165) is 16.8 Å². The zero-order valence-corrected chi connectivity index (χ0v) is 16.7. The lowest BCUT2D eigenvalue weighted by atomic mass is 10.0. The second kappa shape index (κ2) is 8.87. The Kier molecular flexibility index (Phi) is 6.29. The van der Waals surface area contributed by atoms with Gasteiger partial charge in [0.25, 0.3) is 0 Å². The van der Waals surface area contributed by atoms with Crippen molar-refractivity contribution in [2.45, 2.75) is 39.5 Å². The summed E-state index contributed by atoms with van der Waals surface area (Å²) >= 11 is 0. The number of benzene rings is 1. The van der Waals surface area contributed by atoms with E-state index in [1.807, 2.05) is 49.7 Å². The standard InChI is InChI=1S/C22H25N3O4/c1-14(2)20(29-13-16-8-10-25-11-9-23-19(25)12-16)21(26)24-15(3)17-4-6-18(7-5-17)22(27)28/h4-12,14-15,20H,13H2,1-3H3,(H,24,26)(H,27,28)/t15-,20?/m0/s1. The van der Waals surface area contributed by atoms with Crippen molar-refractivity contribution in [3.05, 3.63) is 71.7 Å². The molecule has 0 fully saturated rings. The Labute approximate surface area is 169 Å². The van der Waals surface area contributed by atoms with Crippen molar-refractivity contribution in [3.8, 4) is 0 Å². The van der Waals surface area contributed by atoms with Crippen LogP contribution in [0.2, 0.25) is 0 Å². The first-order chi connectivity index (χ1) is 13.8. The monoisotopic (exact) mass is 395 g/mol. The summed E-state index contributed by atoms with van der Waals surface area (Å²) in [7, 11) is 0. The highest BCUT2D eigenvalue weighted by Gasteiger charge is 2.24. The van der Waals surface area contributed by atoms with E-state index in [-0.39, 0.29) is 23.4 Å². The summed E-state index contributed by atoms with van der Waals surface area (Å²) < 4.78 is 7.85. The summed E-state index contributed by atoms with van der Waals surface area (Å²) in [5.41, 5.74) is 2.82. The number of carboxylic acid groups (broad SMARTS) is 1. The Balaban J connectivity index is 1.62. The van der Waals surface area contributed by atoms with Gasteiger partial charge in [0.15, 0.2) is 0 Å². The second-order valence-electron chi connectivity index (χ2n) is 7.36. The highest BCUT2D eigenvalue weighted by atomic mass is 16.5. The fourth-order valence-electron chi connectivity index (χ4n) is 3.09. The molecule has 0 aliphatic heterocycles. The predicted molar refractivity (Wildman–Crippen MR) is 109 cm³/mol. The molecule has 0 bridgehead atoms. The van der Waals surface area contributed by atoms with Gasteiger partial charge in [0.05, 0.1) is 18.2 Å². The number of carbonyl (C=O) groups is 2. The molecule has 0 radical (unpaired) electrons. The minimum atomic E-state index is -0.977. The molecule has 1 unspecified atom stereocenters. The summed E-state index contributed by atoms with van der Waals surface area (Å²) in [4.78, 5) is 28.0. The molecule has 2 atom stereocenters. The molecule has 2 heterocycles. The Morgan fingerprint density at radius 1 is 1.14 bits per heavy atom. The fraction of sp³-hybridized carbons (Fsp3) is 0.318. The number of carboxylic acids is 1. The third kappa shape index (κ3) is 5.00. The first-order valence-electron chi connectivity index (χ1n) is 9.52. The van der Waals surface area contributed by atoms with Crippen LogP contribution in [0, 0.1) is 5.92 Å². The van der Waals surface area contributed by atoms with Crippen molar-refractivity contribution in [1.82, 2.24) is 14.7 Å². The topological polar surface area (TPSA) is 92.9 Å². The van der Waals surface area contributed by atoms with E-state index in [4.69, 9.17) is 9.84 Å². The first-order valence-corrected chi connectivity index (χ1v) is 9.52. The van der Waals surface area contributed by atoms with Gasteiger partial charge in [-0.15, -0.1) is 0 Å². The molecule has 2 aromatic heterocycles. The van der Waals surface area contributed by atoms with Gasteiger partial charge in [0.1, 0.15) is 11.8 Å². The maximum absolute atomic E-state index is 12.8. The first kappa shape index (κ1) is 20.5. The molecule has 152 valence electrons. The van der Waals surface area contributed by atoms with Gasteiger partial charge < -0.3 is 19.6 Å². The summed E-state index contributed by atoms with van der Waals surface area (Å²) in [6, 6.07) is 10.1. The van der Waals surface area contributed by atoms with Crippen LogP contribution in [0.3, 0.4) is 0 Å². The van der Waals surface area contributed by atoms with E-state index in [0.29, 0.717) is 6.61 Å². The van der Waals surface area contributed by atoms with Gasteiger partial charge in [-0.1, -0.05) is 26.0 Å². The highest BCUT2D eigenvalue weighted by molar-refractivity contribution is 5.87. The van der Waals surface area contributed by atoms with Crippen LogP contribution in [0.4, 0.5) is 0 Å². The number of hydrogen-bond donors (Lipinski definition) is 2. The molecular weight excluding hydrogens is 370 g/mol. The van der Waals surface area contributed by atoms with Crippen LogP contribution in [0.1, 0.15) is 48.3 Å². The molecule has 1 aromatic carbocycles. The van der Waals surface area contributed by atoms with E-state index in [2.05, 4.69) is 10.3 Å². The number of carbonyl (C=O) groups excluding carboxylic acids is 1. The third-order valence-electron chi connectivity index (χ3n) is 4.77. The van der Waals surface area contributed by atoms with Crippen LogP contribution in [0.5, 0.6) is 0 Å². The number of ether oxygens (including phenoxy) is 1. The Bertz CT molecular complexity index is 995. The average Bonchev–Trinajstić information content (AvgIpc) is 3.15. The number of amides is 1. The van der Waals surface area contributed by atoms with Gasteiger partial charge in [-0.2, -0.15) is 0 Å². The number of imidazole rings is 1. The van der Waals surface area contributed by atoms with Gasteiger partial charge in [-0.25, -0.2) is 9.78 Å². The maximum Gasteiger partial charge on any atom is 0.335 e. The quantitative estimate of drug-likeness (QED) is 0.609. The van der Waals surface area contributed by atoms with E-state index >= 15 is 0 Å². The molecular formula is C22H25N3O4. The van der Waals surface area contributed by atoms with Crippen LogP contribution in [-0.4, -0.2) is 32.5 Å². The molecule has 0 saturated heterocycles. The minimum Gasteiger partial charge on any atom is -0.478 e. The molecule has 2 N–H and O–H groups in total. The number of rotatable bonds is 8. The van der Waals surface area contributed by atoms with Crippen molar-refractivity contribution < 1.29 is 19.4 Å². The molecule has 0 spiro atoms. The molecule has 0 saturated carbocycles. The van der Waals surface area contributed by atoms with Crippen molar-refractivity contribution >= 4 is 17.5 Å². The Morgan fingerprint density at radius 3 is 2.52 bits per heavy atom. The molecule has 0 aliphatic rings. The third-order valence-corrected chi connectivity index (χ3v) is 4.77. The molecule has 3 aromatic rings. The van der Waals surface area contributed by atoms with Crippen LogP contribution in [-0.2, 0) is 16.1 Å². The van der Waals surface area contributed by atoms with Gasteiger partial charge in [0, 0.05) is 18.6 Å². The number of nitrogens with one attached hydrogen (secondary N) is 1. The predicted octanol–water partition coefficient (Wildman–Crippen LogP) is 3.45. The number of fused-ring (bicyclic) bond motifs is 1. The Morgan fingerprint density at radius 2 is 1.86 bits per heavy atom. The number of hydrogen-bond acceptors (Lipinski definition) is 4. The lowest BCUT2D eigenvalue weighted by Crippen LogP contribution is -2.40. The maximum atomic E-state index is 12.8. The van der Waals surface area contributed by atoms with Crippen LogP contribution >= 0.6 is 0 Å². The molecule has 7 heteroatoms. The summed E-state index contributed by atoms with van der Waals surface area (Å²) in [6.45, 7) is 6.04. The van der Waals surface area contributed by atoms with Crippen LogP contribution in [0.15, 0.2) is 55.0 Å². The number of pyridine rings is 1. The normalized spacial score (nSPS) is 13.4. The lowest BCUT2D eigenvalue weighted by molar-refractivity contribution is -0.137. The second-order valence-corrected chi connectivity index (χ2v) is 7.36. The van der Waals surface area contributed by atoms with Crippen molar-refractivity contribution in [2.75, 3.05) is 0 Å². The van der Waals surface area contributed by atoms with E-state index < -0.39 is 12.1 Å². The zero-order valence-electron chi connectivity index (χ0n) is 16.7. The number of nitrogens with zero attached hydrogens (tertiary/aromatic N) is 2. The average molecular weight is 395 g/mol. The van der Waals surface area contributed by atoms with E-state index in [1.54, 1.807) is 18.3 Å². The van der Waals surface area contributed by atoms with Crippen LogP contribution < -0.4 is 5.32 Å².